The molecule has 0 aromatic heterocycles. The molecule has 5 heteroatoms. The first kappa shape index (κ1) is 16.8. The van der Waals surface area contributed by atoms with E-state index < -0.39 is 6.10 Å². The summed E-state index contributed by atoms with van der Waals surface area (Å²) in [5.41, 5.74) is 0.750. The second kappa shape index (κ2) is 8.15. The van der Waals surface area contributed by atoms with Gasteiger partial charge in [0.1, 0.15) is 5.75 Å². The molecule has 0 aliphatic carbocycles. The molecule has 1 aliphatic rings. The average Bonchev–Trinajstić information content (AvgIpc) is 2.52. The van der Waals surface area contributed by atoms with Gasteiger partial charge in [-0.3, -0.25) is 4.79 Å². The Bertz CT molecular complexity index is 485. The third-order valence-electron chi connectivity index (χ3n) is 3.75. The van der Waals surface area contributed by atoms with Gasteiger partial charge in [0.05, 0.1) is 18.1 Å². The van der Waals surface area contributed by atoms with Crippen LogP contribution in [0.2, 0.25) is 0 Å². The molecule has 0 saturated carbocycles. The predicted molar refractivity (Wildman–Crippen MR) is 85.8 cm³/mol. The van der Waals surface area contributed by atoms with Crippen molar-refractivity contribution in [2.24, 2.45) is 5.92 Å². The highest BCUT2D eigenvalue weighted by atomic mass is 16.5. The van der Waals surface area contributed by atoms with E-state index in [4.69, 9.17) is 4.74 Å². The molecule has 0 spiro atoms. The van der Waals surface area contributed by atoms with Gasteiger partial charge in [-0.25, -0.2) is 0 Å². The van der Waals surface area contributed by atoms with E-state index in [-0.39, 0.29) is 24.5 Å². The van der Waals surface area contributed by atoms with Crippen LogP contribution in [0, 0.1) is 5.92 Å². The molecule has 122 valence electrons. The Hall–Kier alpha value is -1.59. The summed E-state index contributed by atoms with van der Waals surface area (Å²) < 4.78 is 5.62. The minimum absolute atomic E-state index is 0.0107. The van der Waals surface area contributed by atoms with Gasteiger partial charge in [0.2, 0.25) is 5.91 Å². The molecule has 5 nitrogen and oxygen atoms in total. The fraction of sp³-hybridized carbons (Fsp3) is 0.588. The number of hydrogen-bond donors (Lipinski definition) is 3. The summed E-state index contributed by atoms with van der Waals surface area (Å²) in [7, 11) is 0. The van der Waals surface area contributed by atoms with Crippen LogP contribution in [0.1, 0.15) is 38.4 Å². The number of aliphatic hydroxyl groups excluding tert-OH is 1. The van der Waals surface area contributed by atoms with Crippen molar-refractivity contribution in [2.75, 3.05) is 19.6 Å². The van der Waals surface area contributed by atoms with E-state index in [1.165, 1.54) is 0 Å². The highest BCUT2D eigenvalue weighted by Crippen LogP contribution is 2.20. The number of carbonyl (C=O) groups is 1. The summed E-state index contributed by atoms with van der Waals surface area (Å²) in [4.78, 5) is 12.1. The second-order valence-electron chi connectivity index (χ2n) is 6.04. The summed E-state index contributed by atoms with van der Waals surface area (Å²) in [5, 5.41) is 16.3. The van der Waals surface area contributed by atoms with E-state index in [9.17, 15) is 9.90 Å². The SMILES string of the molecule is CC(C)Oc1cccc(C(O)CNC(=O)C2CCCNC2)c1. The van der Waals surface area contributed by atoms with Gasteiger partial charge in [-0.1, -0.05) is 12.1 Å². The van der Waals surface area contributed by atoms with Crippen LogP contribution in [0.3, 0.4) is 0 Å². The van der Waals surface area contributed by atoms with E-state index in [1.807, 2.05) is 38.1 Å². The zero-order chi connectivity index (χ0) is 15.9. The van der Waals surface area contributed by atoms with Crippen molar-refractivity contribution in [3.05, 3.63) is 29.8 Å². The van der Waals surface area contributed by atoms with E-state index in [2.05, 4.69) is 10.6 Å². The van der Waals surface area contributed by atoms with Gasteiger partial charge in [0.25, 0.3) is 0 Å². The Morgan fingerprint density at radius 3 is 3.00 bits per heavy atom. The first-order valence-electron chi connectivity index (χ1n) is 7.99. The van der Waals surface area contributed by atoms with Gasteiger partial charge in [0.15, 0.2) is 0 Å². The predicted octanol–water partition coefficient (Wildman–Crippen LogP) is 1.62. The van der Waals surface area contributed by atoms with Gasteiger partial charge in [-0.2, -0.15) is 0 Å². The second-order valence-corrected chi connectivity index (χ2v) is 6.04. The van der Waals surface area contributed by atoms with Crippen LogP contribution in [0.15, 0.2) is 24.3 Å². The summed E-state index contributed by atoms with van der Waals surface area (Å²) in [6.45, 7) is 5.85. The maximum atomic E-state index is 12.1. The number of piperidine rings is 1. The molecule has 3 N–H and O–H groups in total. The van der Waals surface area contributed by atoms with E-state index in [1.54, 1.807) is 0 Å². The normalized spacial score (nSPS) is 19.7. The first-order chi connectivity index (χ1) is 10.6. The van der Waals surface area contributed by atoms with Crippen LogP contribution >= 0.6 is 0 Å². The van der Waals surface area contributed by atoms with Crippen LogP contribution < -0.4 is 15.4 Å². The summed E-state index contributed by atoms with van der Waals surface area (Å²) in [5.74, 6) is 0.756. The molecule has 1 heterocycles. The maximum Gasteiger partial charge on any atom is 0.224 e. The van der Waals surface area contributed by atoms with Crippen molar-refractivity contribution in [3.8, 4) is 5.75 Å². The Morgan fingerprint density at radius 1 is 1.50 bits per heavy atom. The van der Waals surface area contributed by atoms with Crippen molar-refractivity contribution in [1.29, 1.82) is 0 Å². The van der Waals surface area contributed by atoms with Crippen molar-refractivity contribution in [3.63, 3.8) is 0 Å². The lowest BCUT2D eigenvalue weighted by atomic mass is 9.98. The van der Waals surface area contributed by atoms with Crippen molar-refractivity contribution in [1.82, 2.24) is 10.6 Å². The number of carbonyl (C=O) groups excluding carboxylic acids is 1. The van der Waals surface area contributed by atoms with Crippen molar-refractivity contribution >= 4 is 5.91 Å². The summed E-state index contributed by atoms with van der Waals surface area (Å²) in [6.07, 6.45) is 1.30. The molecule has 0 bridgehead atoms. The summed E-state index contributed by atoms with van der Waals surface area (Å²) >= 11 is 0. The number of hydrogen-bond acceptors (Lipinski definition) is 4. The molecular weight excluding hydrogens is 280 g/mol. The molecule has 2 rings (SSSR count). The third kappa shape index (κ3) is 5.00. The molecule has 22 heavy (non-hydrogen) atoms. The van der Waals surface area contributed by atoms with Gasteiger partial charge >= 0.3 is 0 Å². The number of amides is 1. The zero-order valence-corrected chi connectivity index (χ0v) is 13.3. The number of nitrogens with one attached hydrogen (secondary N) is 2. The topological polar surface area (TPSA) is 70.6 Å². The number of aliphatic hydroxyl groups is 1. The minimum atomic E-state index is -0.726. The first-order valence-corrected chi connectivity index (χ1v) is 7.99. The molecule has 1 aromatic carbocycles. The van der Waals surface area contributed by atoms with Crippen LogP contribution in [0.5, 0.6) is 5.75 Å². The molecule has 1 fully saturated rings. The minimum Gasteiger partial charge on any atom is -0.491 e. The van der Waals surface area contributed by atoms with E-state index >= 15 is 0 Å². The number of benzene rings is 1. The smallest absolute Gasteiger partial charge is 0.224 e. The summed E-state index contributed by atoms with van der Waals surface area (Å²) in [6, 6.07) is 7.37. The average molecular weight is 306 g/mol. The quantitative estimate of drug-likeness (QED) is 0.747. The highest BCUT2D eigenvalue weighted by molar-refractivity contribution is 5.79. The molecule has 1 aliphatic heterocycles. The fourth-order valence-electron chi connectivity index (χ4n) is 2.60. The molecule has 1 aromatic rings. The number of ether oxygens (including phenoxy) is 1. The number of rotatable bonds is 6. The van der Waals surface area contributed by atoms with Gasteiger partial charge in [0, 0.05) is 13.1 Å². The van der Waals surface area contributed by atoms with Crippen LogP contribution in [0.25, 0.3) is 0 Å². The van der Waals surface area contributed by atoms with Gasteiger partial charge in [-0.15, -0.1) is 0 Å². The van der Waals surface area contributed by atoms with Gasteiger partial charge in [-0.05, 0) is 50.9 Å². The zero-order valence-electron chi connectivity index (χ0n) is 13.3. The van der Waals surface area contributed by atoms with Crippen molar-refractivity contribution in [2.45, 2.75) is 38.9 Å². The van der Waals surface area contributed by atoms with Crippen LogP contribution in [0.4, 0.5) is 0 Å². The maximum absolute atomic E-state index is 12.1. The lowest BCUT2D eigenvalue weighted by Gasteiger charge is -2.22. The highest BCUT2D eigenvalue weighted by Gasteiger charge is 2.21. The molecular formula is C17H26N2O3. The van der Waals surface area contributed by atoms with Gasteiger partial charge < -0.3 is 20.5 Å². The lowest BCUT2D eigenvalue weighted by molar-refractivity contribution is -0.125. The Morgan fingerprint density at radius 2 is 2.32 bits per heavy atom. The molecule has 1 saturated heterocycles. The molecule has 2 unspecified atom stereocenters. The van der Waals surface area contributed by atoms with Crippen molar-refractivity contribution < 1.29 is 14.6 Å². The molecule has 2 atom stereocenters. The standard InChI is InChI=1S/C17H26N2O3/c1-12(2)22-15-7-3-5-13(9-15)16(20)11-19-17(21)14-6-4-8-18-10-14/h3,5,7,9,12,14,16,18,20H,4,6,8,10-11H2,1-2H3,(H,19,21). The Labute approximate surface area is 132 Å². The Balaban J connectivity index is 1.86. The molecule has 0 radical (unpaired) electrons. The Kier molecular flexibility index (Phi) is 6.21. The molecule has 1 amide bonds. The van der Waals surface area contributed by atoms with Crippen LogP contribution in [-0.2, 0) is 4.79 Å². The third-order valence-corrected chi connectivity index (χ3v) is 3.75. The largest absolute Gasteiger partial charge is 0.491 e. The van der Waals surface area contributed by atoms with Crippen LogP contribution in [-0.4, -0.2) is 36.8 Å². The van der Waals surface area contributed by atoms with E-state index in [0.717, 1.165) is 37.2 Å². The fourth-order valence-corrected chi connectivity index (χ4v) is 2.60. The van der Waals surface area contributed by atoms with E-state index in [0.29, 0.717) is 0 Å². The monoisotopic (exact) mass is 306 g/mol. The lowest BCUT2D eigenvalue weighted by Crippen LogP contribution is -2.41.